The number of rotatable bonds is 4. The molecule has 0 amide bonds. The molecule has 31 heavy (non-hydrogen) atoms. The van der Waals surface area contributed by atoms with Crippen molar-refractivity contribution < 1.29 is 27.9 Å². The number of hydrogen-bond donors (Lipinski definition) is 1. The van der Waals surface area contributed by atoms with Crippen molar-refractivity contribution >= 4 is 22.3 Å². The SMILES string of the molecule is O=[N+]([O-])c1c(N2CCC(O)(c3cccc(OC(F)(F)F)c3)CC2)ccc2ncccc12. The van der Waals surface area contributed by atoms with Crippen LogP contribution in [0, 0.1) is 10.1 Å². The zero-order chi connectivity index (χ0) is 22.2. The number of aromatic nitrogens is 1. The maximum Gasteiger partial charge on any atom is 0.573 e. The summed E-state index contributed by atoms with van der Waals surface area (Å²) < 4.78 is 41.5. The molecule has 2 heterocycles. The lowest BCUT2D eigenvalue weighted by Gasteiger charge is -2.39. The molecule has 0 saturated carbocycles. The van der Waals surface area contributed by atoms with E-state index in [0.717, 1.165) is 0 Å². The van der Waals surface area contributed by atoms with Crippen LogP contribution in [-0.2, 0) is 5.60 Å². The van der Waals surface area contributed by atoms with Gasteiger partial charge < -0.3 is 14.7 Å². The Morgan fingerprint density at radius 1 is 1.13 bits per heavy atom. The standard InChI is InChI=1S/C21H18F3N3O4/c22-21(23,24)31-15-4-1-3-14(13-15)20(28)8-11-26(12-9-20)18-7-6-17-16(5-2-10-25-17)19(18)27(29)30/h1-7,10,13,28H,8-9,11-12H2. The predicted molar refractivity (Wildman–Crippen MR) is 107 cm³/mol. The molecule has 2 aromatic carbocycles. The molecular formula is C21H18F3N3O4. The van der Waals surface area contributed by atoms with Crippen molar-refractivity contribution in [2.45, 2.75) is 24.8 Å². The highest BCUT2D eigenvalue weighted by Gasteiger charge is 2.37. The van der Waals surface area contributed by atoms with Crippen LogP contribution in [0.4, 0.5) is 24.5 Å². The van der Waals surface area contributed by atoms with Crippen LogP contribution in [-0.4, -0.2) is 34.5 Å². The van der Waals surface area contributed by atoms with Crippen molar-refractivity contribution in [3.05, 3.63) is 70.4 Å². The van der Waals surface area contributed by atoms with Gasteiger partial charge in [-0.05, 0) is 54.8 Å². The molecule has 1 aliphatic heterocycles. The number of pyridine rings is 1. The van der Waals surface area contributed by atoms with Crippen LogP contribution in [0.2, 0.25) is 0 Å². The maximum atomic E-state index is 12.5. The molecule has 7 nitrogen and oxygen atoms in total. The van der Waals surface area contributed by atoms with Gasteiger partial charge in [-0.2, -0.15) is 0 Å². The summed E-state index contributed by atoms with van der Waals surface area (Å²) in [6.07, 6.45) is -2.90. The summed E-state index contributed by atoms with van der Waals surface area (Å²) in [5, 5.41) is 23.3. The molecule has 10 heteroatoms. The third kappa shape index (κ3) is 4.24. The van der Waals surface area contributed by atoms with E-state index in [1.165, 1.54) is 18.2 Å². The fraction of sp³-hybridized carbons (Fsp3) is 0.286. The minimum absolute atomic E-state index is 0.0587. The lowest BCUT2D eigenvalue weighted by atomic mass is 9.84. The van der Waals surface area contributed by atoms with E-state index < -0.39 is 22.6 Å². The summed E-state index contributed by atoms with van der Waals surface area (Å²) in [6, 6.07) is 11.9. The lowest BCUT2D eigenvalue weighted by molar-refractivity contribution is -0.382. The first-order valence-corrected chi connectivity index (χ1v) is 9.52. The lowest BCUT2D eigenvalue weighted by Crippen LogP contribution is -2.42. The van der Waals surface area contributed by atoms with Crippen LogP contribution in [0.15, 0.2) is 54.7 Å². The van der Waals surface area contributed by atoms with Gasteiger partial charge in [0.05, 0.1) is 21.4 Å². The first kappa shape index (κ1) is 20.9. The largest absolute Gasteiger partial charge is 0.573 e. The molecule has 0 aliphatic carbocycles. The molecule has 0 unspecified atom stereocenters. The second-order valence-corrected chi connectivity index (χ2v) is 7.35. The van der Waals surface area contributed by atoms with Gasteiger partial charge in [0.2, 0.25) is 0 Å². The number of hydrogen-bond acceptors (Lipinski definition) is 6. The van der Waals surface area contributed by atoms with E-state index in [1.54, 1.807) is 41.4 Å². The highest BCUT2D eigenvalue weighted by molar-refractivity contribution is 5.94. The van der Waals surface area contributed by atoms with Gasteiger partial charge >= 0.3 is 12.0 Å². The number of nitro groups is 1. The molecule has 0 radical (unpaired) electrons. The van der Waals surface area contributed by atoms with E-state index in [0.29, 0.717) is 22.2 Å². The van der Waals surface area contributed by atoms with Crippen LogP contribution in [0.5, 0.6) is 5.75 Å². The van der Waals surface area contributed by atoms with E-state index in [1.807, 2.05) is 0 Å². The van der Waals surface area contributed by atoms with Crippen molar-refractivity contribution in [1.82, 2.24) is 4.98 Å². The first-order chi connectivity index (χ1) is 14.7. The molecule has 0 bridgehead atoms. The molecule has 3 aromatic rings. The predicted octanol–water partition coefficient (Wildman–Crippen LogP) is 4.53. The van der Waals surface area contributed by atoms with Gasteiger partial charge in [-0.15, -0.1) is 13.2 Å². The molecule has 1 fully saturated rings. The zero-order valence-electron chi connectivity index (χ0n) is 16.2. The van der Waals surface area contributed by atoms with Gasteiger partial charge in [0.15, 0.2) is 0 Å². The van der Waals surface area contributed by atoms with Crippen molar-refractivity contribution in [3.63, 3.8) is 0 Å². The molecule has 0 spiro atoms. The summed E-state index contributed by atoms with van der Waals surface area (Å²) in [6.45, 7) is 0.570. The Labute approximate surface area is 174 Å². The van der Waals surface area contributed by atoms with Crippen molar-refractivity contribution in [1.29, 1.82) is 0 Å². The van der Waals surface area contributed by atoms with Gasteiger partial charge in [0, 0.05) is 19.3 Å². The molecule has 4 rings (SSSR count). The number of anilines is 1. The van der Waals surface area contributed by atoms with Gasteiger partial charge in [-0.1, -0.05) is 12.1 Å². The normalized spacial score (nSPS) is 16.3. The Morgan fingerprint density at radius 3 is 2.55 bits per heavy atom. The molecule has 1 aliphatic rings. The maximum absolute atomic E-state index is 12.5. The van der Waals surface area contributed by atoms with Crippen LogP contribution < -0.4 is 9.64 Å². The van der Waals surface area contributed by atoms with Crippen molar-refractivity contribution in [3.8, 4) is 5.75 Å². The van der Waals surface area contributed by atoms with Crippen LogP contribution in [0.1, 0.15) is 18.4 Å². The van der Waals surface area contributed by atoms with E-state index in [4.69, 9.17) is 0 Å². The second kappa shape index (κ2) is 7.69. The van der Waals surface area contributed by atoms with Crippen LogP contribution in [0.3, 0.4) is 0 Å². The highest BCUT2D eigenvalue weighted by Crippen LogP contribution is 2.40. The van der Waals surface area contributed by atoms with Crippen molar-refractivity contribution in [2.24, 2.45) is 0 Å². The van der Waals surface area contributed by atoms with Crippen molar-refractivity contribution in [2.75, 3.05) is 18.0 Å². The molecule has 1 aromatic heterocycles. The van der Waals surface area contributed by atoms with Crippen LogP contribution >= 0.6 is 0 Å². The number of ether oxygens (including phenoxy) is 1. The fourth-order valence-corrected chi connectivity index (χ4v) is 3.96. The Hall–Kier alpha value is -3.40. The number of piperidine rings is 1. The number of halogens is 3. The number of benzene rings is 2. The van der Waals surface area contributed by atoms with Gasteiger partial charge in [-0.3, -0.25) is 15.1 Å². The van der Waals surface area contributed by atoms with E-state index in [-0.39, 0.29) is 31.6 Å². The number of fused-ring (bicyclic) bond motifs is 1. The summed E-state index contributed by atoms with van der Waals surface area (Å²) in [5.74, 6) is -0.404. The average Bonchev–Trinajstić information content (AvgIpc) is 2.72. The minimum atomic E-state index is -4.82. The Kier molecular flexibility index (Phi) is 5.18. The molecule has 1 saturated heterocycles. The molecule has 0 atom stereocenters. The van der Waals surface area contributed by atoms with E-state index in [9.17, 15) is 28.4 Å². The molecule has 162 valence electrons. The summed E-state index contributed by atoms with van der Waals surface area (Å²) in [7, 11) is 0. The number of nitrogens with zero attached hydrogens (tertiary/aromatic N) is 3. The number of alkyl halides is 3. The smallest absolute Gasteiger partial charge is 0.406 e. The van der Waals surface area contributed by atoms with Gasteiger partial charge in [0.1, 0.15) is 11.4 Å². The van der Waals surface area contributed by atoms with Crippen LogP contribution in [0.25, 0.3) is 10.9 Å². The Morgan fingerprint density at radius 2 is 1.87 bits per heavy atom. The van der Waals surface area contributed by atoms with Gasteiger partial charge in [-0.25, -0.2) is 0 Å². The highest BCUT2D eigenvalue weighted by atomic mass is 19.4. The van der Waals surface area contributed by atoms with Gasteiger partial charge in [0.25, 0.3) is 0 Å². The molecule has 1 N–H and O–H groups in total. The zero-order valence-corrected chi connectivity index (χ0v) is 16.2. The van der Waals surface area contributed by atoms with E-state index >= 15 is 0 Å². The summed E-state index contributed by atoms with van der Waals surface area (Å²) >= 11 is 0. The Balaban J connectivity index is 1.59. The third-order valence-corrected chi connectivity index (χ3v) is 5.45. The second-order valence-electron chi connectivity index (χ2n) is 7.35. The number of aliphatic hydroxyl groups is 1. The van der Waals surface area contributed by atoms with E-state index in [2.05, 4.69) is 9.72 Å². The minimum Gasteiger partial charge on any atom is -0.406 e. The number of nitro benzene ring substituents is 1. The monoisotopic (exact) mass is 433 g/mol. The summed E-state index contributed by atoms with van der Waals surface area (Å²) in [4.78, 5) is 17.3. The average molecular weight is 433 g/mol. The Bertz CT molecular complexity index is 1130. The molecular weight excluding hydrogens is 415 g/mol. The topological polar surface area (TPSA) is 88.7 Å². The summed E-state index contributed by atoms with van der Waals surface area (Å²) in [5.41, 5.74) is -0.188. The fourth-order valence-electron chi connectivity index (χ4n) is 3.96. The first-order valence-electron chi connectivity index (χ1n) is 9.52. The quantitative estimate of drug-likeness (QED) is 0.480. The third-order valence-electron chi connectivity index (χ3n) is 5.45.